The molecule has 2 heteroatoms. The highest BCUT2D eigenvalue weighted by molar-refractivity contribution is 5.51. The zero-order valence-corrected chi connectivity index (χ0v) is 7.94. The lowest BCUT2D eigenvalue weighted by molar-refractivity contribution is 1.09. The summed E-state index contributed by atoms with van der Waals surface area (Å²) in [6.45, 7) is 6.41. The second kappa shape index (κ2) is 3.59. The lowest BCUT2D eigenvalue weighted by Gasteiger charge is -2.09. The third kappa shape index (κ3) is 1.59. The Balaban J connectivity index is 3.19. The molecule has 0 saturated carbocycles. The van der Waals surface area contributed by atoms with Gasteiger partial charge < -0.3 is 5.43 Å². The summed E-state index contributed by atoms with van der Waals surface area (Å²) in [5, 5.41) is 0. The standard InChI is InChI=1S/C10H16N2/c1-4-9-6-10(12-11)5-7(2)8(9)3/h5-6,12H,4,11H2,1-3H3. The molecule has 0 aliphatic carbocycles. The van der Waals surface area contributed by atoms with Crippen molar-refractivity contribution in [2.45, 2.75) is 27.2 Å². The Kier molecular flexibility index (Phi) is 2.71. The molecule has 0 amide bonds. The largest absolute Gasteiger partial charge is 0.324 e. The number of nitrogens with one attached hydrogen (secondary N) is 1. The minimum atomic E-state index is 0.995. The SMILES string of the molecule is CCc1cc(NN)cc(C)c1C. The van der Waals surface area contributed by atoms with Gasteiger partial charge in [0, 0.05) is 5.69 Å². The number of hydrogen-bond donors (Lipinski definition) is 2. The van der Waals surface area contributed by atoms with E-state index in [-0.39, 0.29) is 0 Å². The number of nitrogens with two attached hydrogens (primary N) is 1. The van der Waals surface area contributed by atoms with E-state index in [1.165, 1.54) is 16.7 Å². The van der Waals surface area contributed by atoms with Crippen LogP contribution in [0.3, 0.4) is 0 Å². The molecule has 0 spiro atoms. The van der Waals surface area contributed by atoms with Gasteiger partial charge in [-0.1, -0.05) is 6.92 Å². The molecule has 0 bridgehead atoms. The van der Waals surface area contributed by atoms with Crippen molar-refractivity contribution in [3.8, 4) is 0 Å². The van der Waals surface area contributed by atoms with Crippen molar-refractivity contribution in [1.29, 1.82) is 0 Å². The van der Waals surface area contributed by atoms with Crippen molar-refractivity contribution >= 4 is 5.69 Å². The van der Waals surface area contributed by atoms with Gasteiger partial charge in [0.05, 0.1) is 0 Å². The van der Waals surface area contributed by atoms with Crippen LogP contribution in [-0.2, 0) is 6.42 Å². The summed E-state index contributed by atoms with van der Waals surface area (Å²) in [5.74, 6) is 5.34. The maximum absolute atomic E-state index is 5.34. The summed E-state index contributed by atoms with van der Waals surface area (Å²) in [5.41, 5.74) is 7.69. The predicted octanol–water partition coefficient (Wildman–Crippen LogP) is 2.15. The molecule has 0 atom stereocenters. The van der Waals surface area contributed by atoms with Gasteiger partial charge in [-0.2, -0.15) is 0 Å². The lowest BCUT2D eigenvalue weighted by Crippen LogP contribution is -2.07. The Morgan fingerprint density at radius 3 is 2.50 bits per heavy atom. The molecule has 0 aliphatic rings. The van der Waals surface area contributed by atoms with Crippen LogP contribution in [0, 0.1) is 13.8 Å². The lowest BCUT2D eigenvalue weighted by atomic mass is 10.0. The van der Waals surface area contributed by atoms with E-state index in [9.17, 15) is 0 Å². The predicted molar refractivity (Wildman–Crippen MR) is 53.1 cm³/mol. The monoisotopic (exact) mass is 164 g/mol. The van der Waals surface area contributed by atoms with E-state index in [1.807, 2.05) is 0 Å². The summed E-state index contributed by atoms with van der Waals surface area (Å²) in [6, 6.07) is 4.16. The fourth-order valence-electron chi connectivity index (χ4n) is 1.38. The van der Waals surface area contributed by atoms with E-state index in [2.05, 4.69) is 38.3 Å². The number of hydrogen-bond acceptors (Lipinski definition) is 2. The molecule has 1 aromatic carbocycles. The van der Waals surface area contributed by atoms with Crippen LogP contribution in [0.5, 0.6) is 0 Å². The number of benzene rings is 1. The molecule has 1 aromatic rings. The zero-order chi connectivity index (χ0) is 9.14. The van der Waals surface area contributed by atoms with Crippen LogP contribution in [-0.4, -0.2) is 0 Å². The summed E-state index contributed by atoms with van der Waals surface area (Å²) in [4.78, 5) is 0. The van der Waals surface area contributed by atoms with Gasteiger partial charge in [-0.25, -0.2) is 0 Å². The number of rotatable bonds is 2. The van der Waals surface area contributed by atoms with Crippen LogP contribution in [0.1, 0.15) is 23.6 Å². The Labute approximate surface area is 73.8 Å². The second-order valence-corrected chi connectivity index (χ2v) is 3.08. The summed E-state index contributed by atoms with van der Waals surface area (Å²) in [6.07, 6.45) is 1.06. The average Bonchev–Trinajstić information content (AvgIpc) is 2.09. The first-order valence-corrected chi connectivity index (χ1v) is 4.25. The third-order valence-corrected chi connectivity index (χ3v) is 2.32. The fourth-order valence-corrected chi connectivity index (χ4v) is 1.38. The van der Waals surface area contributed by atoms with E-state index in [4.69, 9.17) is 5.84 Å². The van der Waals surface area contributed by atoms with E-state index >= 15 is 0 Å². The number of nitrogen functional groups attached to an aromatic ring is 1. The van der Waals surface area contributed by atoms with E-state index < -0.39 is 0 Å². The van der Waals surface area contributed by atoms with Crippen molar-refractivity contribution in [3.05, 3.63) is 28.8 Å². The molecule has 2 nitrogen and oxygen atoms in total. The molecular formula is C10H16N2. The first-order valence-electron chi connectivity index (χ1n) is 4.25. The molecular weight excluding hydrogens is 148 g/mol. The molecule has 0 radical (unpaired) electrons. The number of hydrazine groups is 1. The zero-order valence-electron chi connectivity index (χ0n) is 7.94. The molecule has 66 valence electrons. The van der Waals surface area contributed by atoms with Crippen LogP contribution in [0.25, 0.3) is 0 Å². The Hall–Kier alpha value is -1.02. The number of aryl methyl sites for hydroxylation is 2. The fraction of sp³-hybridized carbons (Fsp3) is 0.400. The molecule has 0 saturated heterocycles. The highest BCUT2D eigenvalue weighted by Crippen LogP contribution is 2.19. The Bertz CT molecular complexity index is 279. The molecule has 0 aliphatic heterocycles. The minimum Gasteiger partial charge on any atom is -0.324 e. The van der Waals surface area contributed by atoms with Crippen molar-refractivity contribution < 1.29 is 0 Å². The smallest absolute Gasteiger partial charge is 0.0490 e. The molecule has 12 heavy (non-hydrogen) atoms. The molecule has 1 rings (SSSR count). The molecule has 0 heterocycles. The van der Waals surface area contributed by atoms with Crippen LogP contribution < -0.4 is 11.3 Å². The maximum atomic E-state index is 5.34. The van der Waals surface area contributed by atoms with Crippen LogP contribution in [0.2, 0.25) is 0 Å². The topological polar surface area (TPSA) is 38.0 Å². The molecule has 0 aromatic heterocycles. The highest BCUT2D eigenvalue weighted by atomic mass is 15.2. The van der Waals surface area contributed by atoms with Crippen LogP contribution in [0.4, 0.5) is 5.69 Å². The van der Waals surface area contributed by atoms with Gasteiger partial charge in [0.25, 0.3) is 0 Å². The van der Waals surface area contributed by atoms with E-state index in [0.29, 0.717) is 0 Å². The summed E-state index contributed by atoms with van der Waals surface area (Å²) < 4.78 is 0. The number of anilines is 1. The van der Waals surface area contributed by atoms with Gasteiger partial charge in [-0.05, 0) is 49.1 Å². The molecule has 3 N–H and O–H groups in total. The molecule has 0 unspecified atom stereocenters. The van der Waals surface area contributed by atoms with Crippen LogP contribution in [0.15, 0.2) is 12.1 Å². The van der Waals surface area contributed by atoms with Crippen molar-refractivity contribution in [2.24, 2.45) is 5.84 Å². The van der Waals surface area contributed by atoms with Crippen LogP contribution >= 0.6 is 0 Å². The van der Waals surface area contributed by atoms with E-state index in [0.717, 1.165) is 12.1 Å². The first kappa shape index (κ1) is 9.07. The van der Waals surface area contributed by atoms with Gasteiger partial charge in [0.15, 0.2) is 0 Å². The summed E-state index contributed by atoms with van der Waals surface area (Å²) in [7, 11) is 0. The van der Waals surface area contributed by atoms with Gasteiger partial charge in [0.1, 0.15) is 0 Å². The highest BCUT2D eigenvalue weighted by Gasteiger charge is 2.01. The minimum absolute atomic E-state index is 0.995. The van der Waals surface area contributed by atoms with Gasteiger partial charge in [-0.15, -0.1) is 0 Å². The van der Waals surface area contributed by atoms with Crippen molar-refractivity contribution in [3.63, 3.8) is 0 Å². The van der Waals surface area contributed by atoms with Gasteiger partial charge >= 0.3 is 0 Å². The summed E-state index contributed by atoms with van der Waals surface area (Å²) >= 11 is 0. The van der Waals surface area contributed by atoms with Crippen molar-refractivity contribution in [2.75, 3.05) is 5.43 Å². The second-order valence-electron chi connectivity index (χ2n) is 3.08. The van der Waals surface area contributed by atoms with E-state index in [1.54, 1.807) is 0 Å². The molecule has 0 fully saturated rings. The average molecular weight is 164 g/mol. The first-order chi connectivity index (χ1) is 5.69. The van der Waals surface area contributed by atoms with Gasteiger partial charge in [-0.3, -0.25) is 5.84 Å². The quantitative estimate of drug-likeness (QED) is 0.519. The van der Waals surface area contributed by atoms with Gasteiger partial charge in [0.2, 0.25) is 0 Å². The normalized spacial score (nSPS) is 10.0. The maximum Gasteiger partial charge on any atom is 0.0490 e. The Morgan fingerprint density at radius 1 is 1.33 bits per heavy atom. The third-order valence-electron chi connectivity index (χ3n) is 2.32. The van der Waals surface area contributed by atoms with Crippen molar-refractivity contribution in [1.82, 2.24) is 0 Å². The Morgan fingerprint density at radius 2 is 2.00 bits per heavy atom.